The molecule has 1 amide bonds. The molecule has 0 aromatic heterocycles. The molecule has 110 valence electrons. The van der Waals surface area contributed by atoms with Crippen molar-refractivity contribution >= 4 is 5.91 Å². The topological polar surface area (TPSA) is 44.4 Å². The van der Waals surface area contributed by atoms with Gasteiger partial charge in [-0.3, -0.25) is 4.79 Å². The van der Waals surface area contributed by atoms with Crippen LogP contribution in [0.25, 0.3) is 0 Å². The maximum absolute atomic E-state index is 12.5. The summed E-state index contributed by atoms with van der Waals surface area (Å²) in [6.07, 6.45) is 4.97. The van der Waals surface area contributed by atoms with Crippen LogP contribution in [0.3, 0.4) is 0 Å². The van der Waals surface area contributed by atoms with E-state index in [2.05, 4.69) is 29.4 Å². The summed E-state index contributed by atoms with van der Waals surface area (Å²) in [5.74, 6) is 0.655. The molecule has 4 nitrogen and oxygen atoms in total. The van der Waals surface area contributed by atoms with Crippen molar-refractivity contribution in [1.29, 1.82) is 0 Å². The molecule has 0 bridgehead atoms. The van der Waals surface area contributed by atoms with Crippen molar-refractivity contribution in [1.82, 2.24) is 15.5 Å². The Hall–Kier alpha value is -0.610. The van der Waals surface area contributed by atoms with Gasteiger partial charge in [0.25, 0.3) is 0 Å². The first-order chi connectivity index (χ1) is 9.15. The summed E-state index contributed by atoms with van der Waals surface area (Å²) in [5.41, 5.74) is -0.179. The van der Waals surface area contributed by atoms with Crippen LogP contribution in [0, 0.1) is 11.3 Å². The lowest BCUT2D eigenvalue weighted by atomic mass is 9.75. The van der Waals surface area contributed by atoms with Crippen molar-refractivity contribution < 1.29 is 4.79 Å². The molecule has 2 aliphatic heterocycles. The zero-order valence-corrected chi connectivity index (χ0v) is 12.5. The van der Waals surface area contributed by atoms with Crippen LogP contribution in [0.2, 0.25) is 0 Å². The summed E-state index contributed by atoms with van der Waals surface area (Å²) in [6, 6.07) is 0. The molecule has 2 saturated heterocycles. The van der Waals surface area contributed by atoms with Crippen molar-refractivity contribution in [3.63, 3.8) is 0 Å². The Morgan fingerprint density at radius 1 is 1.32 bits per heavy atom. The monoisotopic (exact) mass is 267 g/mol. The minimum absolute atomic E-state index is 0.179. The van der Waals surface area contributed by atoms with Gasteiger partial charge in [-0.15, -0.1) is 0 Å². The van der Waals surface area contributed by atoms with Gasteiger partial charge in [0, 0.05) is 19.6 Å². The summed E-state index contributed by atoms with van der Waals surface area (Å²) in [4.78, 5) is 15.0. The van der Waals surface area contributed by atoms with Gasteiger partial charge in [0.1, 0.15) is 0 Å². The number of nitrogens with zero attached hydrogens (tertiary/aromatic N) is 1. The number of hydrogen-bond acceptors (Lipinski definition) is 3. The van der Waals surface area contributed by atoms with Gasteiger partial charge in [-0.05, 0) is 44.8 Å². The SMILES string of the molecule is CC(C)C1(C(=O)NCCN2CCCCC2)CCNC1. The second-order valence-corrected chi connectivity index (χ2v) is 6.40. The third-order valence-electron chi connectivity index (χ3n) is 4.91. The lowest BCUT2D eigenvalue weighted by molar-refractivity contribution is -0.132. The number of amides is 1. The largest absolute Gasteiger partial charge is 0.354 e. The Balaban J connectivity index is 1.76. The first kappa shape index (κ1) is 14.8. The molecule has 4 heteroatoms. The molecule has 2 aliphatic rings. The Labute approximate surface area is 117 Å². The van der Waals surface area contributed by atoms with Crippen LogP contribution in [0.15, 0.2) is 0 Å². The summed E-state index contributed by atoms with van der Waals surface area (Å²) in [6.45, 7) is 10.3. The molecule has 1 unspecified atom stereocenters. The summed E-state index contributed by atoms with van der Waals surface area (Å²) in [5, 5.41) is 6.52. The van der Waals surface area contributed by atoms with Gasteiger partial charge >= 0.3 is 0 Å². The van der Waals surface area contributed by atoms with Crippen LogP contribution in [0.4, 0.5) is 0 Å². The molecular weight excluding hydrogens is 238 g/mol. The molecule has 0 aromatic rings. The van der Waals surface area contributed by atoms with E-state index in [-0.39, 0.29) is 11.3 Å². The van der Waals surface area contributed by atoms with Crippen LogP contribution in [0.5, 0.6) is 0 Å². The minimum Gasteiger partial charge on any atom is -0.354 e. The molecule has 0 aromatic carbocycles. The second kappa shape index (κ2) is 6.71. The summed E-state index contributed by atoms with van der Waals surface area (Å²) >= 11 is 0. The Morgan fingerprint density at radius 3 is 2.63 bits per heavy atom. The average Bonchev–Trinajstić information content (AvgIpc) is 2.90. The Bertz CT molecular complexity index is 292. The third kappa shape index (κ3) is 3.48. The molecule has 2 fully saturated rings. The number of nitrogens with one attached hydrogen (secondary N) is 2. The van der Waals surface area contributed by atoms with E-state index >= 15 is 0 Å². The standard InChI is InChI=1S/C15H29N3O/c1-13(2)15(6-7-16-12-15)14(19)17-8-11-18-9-4-3-5-10-18/h13,16H,3-12H2,1-2H3,(H,17,19). The second-order valence-electron chi connectivity index (χ2n) is 6.40. The van der Waals surface area contributed by atoms with E-state index in [1.165, 1.54) is 32.4 Å². The zero-order chi connectivity index (χ0) is 13.7. The molecular formula is C15H29N3O. The molecule has 2 N–H and O–H groups in total. The fourth-order valence-corrected chi connectivity index (χ4v) is 3.35. The summed E-state index contributed by atoms with van der Waals surface area (Å²) in [7, 11) is 0. The molecule has 0 spiro atoms. The summed E-state index contributed by atoms with van der Waals surface area (Å²) < 4.78 is 0. The number of rotatable bonds is 5. The first-order valence-corrected chi connectivity index (χ1v) is 7.86. The first-order valence-electron chi connectivity index (χ1n) is 7.86. The number of carbonyl (C=O) groups is 1. The van der Waals surface area contributed by atoms with E-state index in [1.54, 1.807) is 0 Å². The maximum atomic E-state index is 12.5. The van der Waals surface area contributed by atoms with Gasteiger partial charge in [0.15, 0.2) is 0 Å². The van der Waals surface area contributed by atoms with Crippen molar-refractivity contribution in [2.75, 3.05) is 39.3 Å². The molecule has 1 atom stereocenters. The van der Waals surface area contributed by atoms with E-state index < -0.39 is 0 Å². The fourth-order valence-electron chi connectivity index (χ4n) is 3.35. The highest BCUT2D eigenvalue weighted by molar-refractivity contribution is 5.83. The van der Waals surface area contributed by atoms with Crippen LogP contribution in [-0.2, 0) is 4.79 Å². The van der Waals surface area contributed by atoms with Crippen LogP contribution >= 0.6 is 0 Å². The van der Waals surface area contributed by atoms with Crippen LogP contribution < -0.4 is 10.6 Å². The average molecular weight is 267 g/mol. The third-order valence-corrected chi connectivity index (χ3v) is 4.91. The van der Waals surface area contributed by atoms with Crippen LogP contribution in [0.1, 0.15) is 39.5 Å². The molecule has 0 aliphatic carbocycles. The number of hydrogen-bond donors (Lipinski definition) is 2. The van der Waals surface area contributed by atoms with Gasteiger partial charge in [-0.1, -0.05) is 20.3 Å². The minimum atomic E-state index is -0.179. The van der Waals surface area contributed by atoms with E-state index in [1.807, 2.05) is 0 Å². The fraction of sp³-hybridized carbons (Fsp3) is 0.933. The van der Waals surface area contributed by atoms with E-state index in [0.29, 0.717) is 5.92 Å². The van der Waals surface area contributed by atoms with Crippen molar-refractivity contribution in [2.45, 2.75) is 39.5 Å². The smallest absolute Gasteiger partial charge is 0.227 e. The highest BCUT2D eigenvalue weighted by Gasteiger charge is 2.43. The quantitative estimate of drug-likeness (QED) is 0.787. The van der Waals surface area contributed by atoms with Crippen LogP contribution in [-0.4, -0.2) is 50.1 Å². The number of piperidine rings is 1. The van der Waals surface area contributed by atoms with Crippen molar-refractivity contribution in [3.8, 4) is 0 Å². The lowest BCUT2D eigenvalue weighted by Crippen LogP contribution is -2.48. The molecule has 19 heavy (non-hydrogen) atoms. The van der Waals surface area contributed by atoms with Crippen molar-refractivity contribution in [2.24, 2.45) is 11.3 Å². The van der Waals surface area contributed by atoms with Gasteiger partial charge in [0.05, 0.1) is 5.41 Å². The Kier molecular flexibility index (Phi) is 5.22. The molecule has 0 radical (unpaired) electrons. The number of likely N-dealkylation sites (tertiary alicyclic amines) is 1. The van der Waals surface area contributed by atoms with E-state index in [9.17, 15) is 4.79 Å². The molecule has 2 rings (SSSR count). The van der Waals surface area contributed by atoms with Gasteiger partial charge in [-0.25, -0.2) is 0 Å². The van der Waals surface area contributed by atoms with Gasteiger partial charge in [0.2, 0.25) is 5.91 Å². The van der Waals surface area contributed by atoms with Gasteiger partial charge < -0.3 is 15.5 Å². The van der Waals surface area contributed by atoms with E-state index in [0.717, 1.165) is 32.6 Å². The van der Waals surface area contributed by atoms with Gasteiger partial charge in [-0.2, -0.15) is 0 Å². The predicted octanol–water partition coefficient (Wildman–Crippen LogP) is 1.22. The highest BCUT2D eigenvalue weighted by Crippen LogP contribution is 2.34. The predicted molar refractivity (Wildman–Crippen MR) is 78.1 cm³/mol. The Morgan fingerprint density at radius 2 is 2.05 bits per heavy atom. The molecule has 0 saturated carbocycles. The number of carbonyl (C=O) groups excluding carboxylic acids is 1. The van der Waals surface area contributed by atoms with E-state index in [4.69, 9.17) is 0 Å². The highest BCUT2D eigenvalue weighted by atomic mass is 16.2. The zero-order valence-electron chi connectivity index (χ0n) is 12.5. The molecule has 2 heterocycles. The van der Waals surface area contributed by atoms with Crippen molar-refractivity contribution in [3.05, 3.63) is 0 Å². The lowest BCUT2D eigenvalue weighted by Gasteiger charge is -2.32. The maximum Gasteiger partial charge on any atom is 0.227 e. The normalized spacial score (nSPS) is 28.8.